The number of rotatable bonds is 4. The van der Waals surface area contributed by atoms with Crippen LogP contribution in [-0.2, 0) is 20.9 Å². The molecule has 0 aliphatic carbocycles. The third-order valence-electron chi connectivity index (χ3n) is 4.48. The molecule has 0 spiro atoms. The van der Waals surface area contributed by atoms with Gasteiger partial charge in [0.1, 0.15) is 12.1 Å². The van der Waals surface area contributed by atoms with Crippen LogP contribution in [0.25, 0.3) is 0 Å². The molecule has 1 aliphatic heterocycles. The topological polar surface area (TPSA) is 78.5 Å². The summed E-state index contributed by atoms with van der Waals surface area (Å²) in [7, 11) is 0. The first kappa shape index (κ1) is 18.0. The van der Waals surface area contributed by atoms with E-state index in [0.717, 1.165) is 17.7 Å². The van der Waals surface area contributed by atoms with E-state index in [1.54, 1.807) is 11.8 Å². The molecule has 2 N–H and O–H groups in total. The van der Waals surface area contributed by atoms with Gasteiger partial charge in [0.25, 0.3) is 0 Å². The number of para-hydroxylation sites is 1. The van der Waals surface area contributed by atoms with E-state index in [0.29, 0.717) is 6.54 Å². The van der Waals surface area contributed by atoms with E-state index < -0.39 is 12.1 Å². The molecule has 3 atom stereocenters. The molecule has 0 saturated carbocycles. The highest BCUT2D eigenvalue weighted by molar-refractivity contribution is 6.00. The zero-order valence-electron chi connectivity index (χ0n) is 14.6. The van der Waals surface area contributed by atoms with Crippen LogP contribution in [0.15, 0.2) is 24.3 Å². The summed E-state index contributed by atoms with van der Waals surface area (Å²) in [5, 5.41) is 5.55. The predicted octanol–water partition coefficient (Wildman–Crippen LogP) is 1.91. The third-order valence-corrected chi connectivity index (χ3v) is 4.48. The number of carbonyl (C=O) groups excluding carboxylic acids is 3. The molecule has 1 aliphatic rings. The number of carbonyl (C=O) groups is 3. The molecule has 0 bridgehead atoms. The summed E-state index contributed by atoms with van der Waals surface area (Å²) >= 11 is 0. The first-order valence-electron chi connectivity index (χ1n) is 8.31. The van der Waals surface area contributed by atoms with E-state index in [9.17, 15) is 14.4 Å². The van der Waals surface area contributed by atoms with Crippen LogP contribution < -0.4 is 10.6 Å². The van der Waals surface area contributed by atoms with Gasteiger partial charge in [-0.25, -0.2) is 0 Å². The molecule has 0 aromatic heterocycles. The Morgan fingerprint density at radius 1 is 1.33 bits per heavy atom. The van der Waals surface area contributed by atoms with Gasteiger partial charge in [0.2, 0.25) is 17.7 Å². The van der Waals surface area contributed by atoms with Crippen LogP contribution in [0, 0.1) is 5.92 Å². The van der Waals surface area contributed by atoms with Crippen LogP contribution in [0.4, 0.5) is 5.69 Å². The maximum absolute atomic E-state index is 12.9. The molecule has 0 unspecified atom stereocenters. The molecule has 130 valence electrons. The molecule has 1 heterocycles. The number of benzene rings is 1. The highest BCUT2D eigenvalue weighted by Gasteiger charge is 2.38. The Morgan fingerprint density at radius 3 is 2.62 bits per heavy atom. The number of fused-ring (bicyclic) bond motifs is 1. The first-order chi connectivity index (χ1) is 11.3. The molecular weight excluding hydrogens is 306 g/mol. The summed E-state index contributed by atoms with van der Waals surface area (Å²) in [4.78, 5) is 38.5. The Hall–Kier alpha value is -2.37. The van der Waals surface area contributed by atoms with Gasteiger partial charge in [-0.3, -0.25) is 14.4 Å². The van der Waals surface area contributed by atoms with E-state index >= 15 is 0 Å². The van der Waals surface area contributed by atoms with E-state index in [4.69, 9.17) is 0 Å². The average Bonchev–Trinajstić information content (AvgIpc) is 2.68. The van der Waals surface area contributed by atoms with Crippen molar-refractivity contribution in [2.75, 3.05) is 5.32 Å². The predicted molar refractivity (Wildman–Crippen MR) is 92.1 cm³/mol. The summed E-state index contributed by atoms with van der Waals surface area (Å²) in [6.45, 7) is 7.32. The molecule has 3 amide bonds. The van der Waals surface area contributed by atoms with Gasteiger partial charge in [-0.2, -0.15) is 0 Å². The SMILES string of the molecule is CC[C@H](C)[C@H]1C(=O)Nc2ccccc2CN1C(=O)[C@H](C)NC(C)=O. The average molecular weight is 331 g/mol. The molecule has 1 aromatic carbocycles. The Labute approximate surface area is 142 Å². The first-order valence-corrected chi connectivity index (χ1v) is 8.31. The lowest BCUT2D eigenvalue weighted by atomic mass is 9.96. The maximum atomic E-state index is 12.9. The lowest BCUT2D eigenvalue weighted by Crippen LogP contribution is -2.54. The number of anilines is 1. The smallest absolute Gasteiger partial charge is 0.247 e. The molecule has 0 saturated heterocycles. The van der Waals surface area contributed by atoms with Crippen molar-refractivity contribution in [3.63, 3.8) is 0 Å². The monoisotopic (exact) mass is 331 g/mol. The molecular formula is C18H25N3O3. The number of hydrogen-bond acceptors (Lipinski definition) is 3. The summed E-state index contributed by atoms with van der Waals surface area (Å²) < 4.78 is 0. The Bertz CT molecular complexity index is 644. The minimum absolute atomic E-state index is 0.00721. The van der Waals surface area contributed by atoms with Crippen LogP contribution in [0.2, 0.25) is 0 Å². The van der Waals surface area contributed by atoms with Crippen molar-refractivity contribution >= 4 is 23.4 Å². The molecule has 2 rings (SSSR count). The lowest BCUT2D eigenvalue weighted by Gasteiger charge is -2.34. The lowest BCUT2D eigenvalue weighted by molar-refractivity contribution is -0.143. The maximum Gasteiger partial charge on any atom is 0.247 e. The molecule has 6 heteroatoms. The van der Waals surface area contributed by atoms with Crippen LogP contribution in [0.3, 0.4) is 0 Å². The fourth-order valence-electron chi connectivity index (χ4n) is 3.03. The van der Waals surface area contributed by atoms with Crippen molar-refractivity contribution < 1.29 is 14.4 Å². The molecule has 24 heavy (non-hydrogen) atoms. The second-order valence-corrected chi connectivity index (χ2v) is 6.37. The van der Waals surface area contributed by atoms with Gasteiger partial charge in [0.05, 0.1) is 0 Å². The molecule has 6 nitrogen and oxygen atoms in total. The fourth-order valence-corrected chi connectivity index (χ4v) is 3.03. The zero-order valence-corrected chi connectivity index (χ0v) is 14.6. The molecule has 0 fully saturated rings. The number of hydrogen-bond donors (Lipinski definition) is 2. The Morgan fingerprint density at radius 2 is 2.00 bits per heavy atom. The zero-order chi connectivity index (χ0) is 17.9. The summed E-state index contributed by atoms with van der Waals surface area (Å²) in [5.74, 6) is -0.691. The van der Waals surface area contributed by atoms with Gasteiger partial charge < -0.3 is 15.5 Å². The van der Waals surface area contributed by atoms with Gasteiger partial charge in [0.15, 0.2) is 0 Å². The number of amides is 3. The van der Waals surface area contributed by atoms with E-state index in [2.05, 4.69) is 10.6 Å². The molecule has 1 aromatic rings. The minimum atomic E-state index is -0.674. The minimum Gasteiger partial charge on any atom is -0.345 e. The second kappa shape index (κ2) is 7.47. The normalized spacial score (nSPS) is 19.6. The standard InChI is InChI=1S/C18H25N3O3/c1-5-11(2)16-17(23)20-15-9-7-6-8-14(15)10-21(16)18(24)12(3)19-13(4)22/h6-9,11-12,16H,5,10H2,1-4H3,(H,19,22)(H,20,23)/t11-,12-,16-/m0/s1. The van der Waals surface area contributed by atoms with Gasteiger partial charge >= 0.3 is 0 Å². The van der Waals surface area contributed by atoms with Crippen LogP contribution in [0.5, 0.6) is 0 Å². The van der Waals surface area contributed by atoms with Crippen LogP contribution in [0.1, 0.15) is 39.7 Å². The van der Waals surface area contributed by atoms with Crippen molar-refractivity contribution in [1.82, 2.24) is 10.2 Å². The highest BCUT2D eigenvalue weighted by atomic mass is 16.2. The van der Waals surface area contributed by atoms with Gasteiger partial charge in [-0.05, 0) is 24.5 Å². The summed E-state index contributed by atoms with van der Waals surface area (Å²) in [5.41, 5.74) is 1.62. The van der Waals surface area contributed by atoms with Gasteiger partial charge in [-0.15, -0.1) is 0 Å². The van der Waals surface area contributed by atoms with E-state index in [1.807, 2.05) is 38.1 Å². The van der Waals surface area contributed by atoms with Gasteiger partial charge in [0, 0.05) is 19.2 Å². The summed E-state index contributed by atoms with van der Waals surface area (Å²) in [6.07, 6.45) is 0.771. The third kappa shape index (κ3) is 3.75. The summed E-state index contributed by atoms with van der Waals surface area (Å²) in [6, 6.07) is 6.24. The van der Waals surface area contributed by atoms with Crippen molar-refractivity contribution in [2.24, 2.45) is 5.92 Å². The van der Waals surface area contributed by atoms with Crippen molar-refractivity contribution in [3.05, 3.63) is 29.8 Å². The van der Waals surface area contributed by atoms with Crippen molar-refractivity contribution in [3.8, 4) is 0 Å². The van der Waals surface area contributed by atoms with Crippen LogP contribution in [-0.4, -0.2) is 34.7 Å². The molecule has 0 radical (unpaired) electrons. The van der Waals surface area contributed by atoms with Crippen molar-refractivity contribution in [1.29, 1.82) is 0 Å². The Balaban J connectivity index is 2.40. The number of nitrogens with one attached hydrogen (secondary N) is 2. The highest BCUT2D eigenvalue weighted by Crippen LogP contribution is 2.27. The van der Waals surface area contributed by atoms with Crippen molar-refractivity contribution in [2.45, 2.75) is 52.7 Å². The second-order valence-electron chi connectivity index (χ2n) is 6.37. The number of nitrogens with zero attached hydrogens (tertiary/aromatic N) is 1. The Kier molecular flexibility index (Phi) is 5.59. The van der Waals surface area contributed by atoms with Crippen LogP contribution >= 0.6 is 0 Å². The largest absolute Gasteiger partial charge is 0.345 e. The quantitative estimate of drug-likeness (QED) is 0.884. The van der Waals surface area contributed by atoms with E-state index in [-0.39, 0.29) is 23.6 Å². The fraction of sp³-hybridized carbons (Fsp3) is 0.500. The van der Waals surface area contributed by atoms with E-state index in [1.165, 1.54) is 6.92 Å². The van der Waals surface area contributed by atoms with Gasteiger partial charge in [-0.1, -0.05) is 38.5 Å².